The summed E-state index contributed by atoms with van der Waals surface area (Å²) in [5, 5.41) is 7.83. The largest absolute Gasteiger partial charge is 0.387 e. The molecule has 0 saturated heterocycles. The lowest BCUT2D eigenvalue weighted by atomic mass is 10.2. The molecule has 0 radical (unpaired) electrons. The van der Waals surface area contributed by atoms with E-state index < -0.39 is 0 Å². The highest BCUT2D eigenvalue weighted by Crippen LogP contribution is 2.22. The molecule has 0 atom stereocenters. The summed E-state index contributed by atoms with van der Waals surface area (Å²) in [5.74, 6) is -0.132. The van der Waals surface area contributed by atoms with E-state index in [1.165, 1.54) is 0 Å². The molecule has 2 aromatic heterocycles. The molecule has 0 saturated carbocycles. The van der Waals surface area contributed by atoms with Crippen LogP contribution in [0.1, 0.15) is 15.2 Å². The monoisotopic (exact) mass is 325 g/mol. The first-order chi connectivity index (χ1) is 8.72. The Labute approximate surface area is 118 Å². The zero-order valence-corrected chi connectivity index (χ0v) is 12.1. The summed E-state index contributed by atoms with van der Waals surface area (Å²) >= 11 is 5.04. The third kappa shape index (κ3) is 2.88. The number of hydrogen-bond donors (Lipinski definition) is 2. The fourth-order valence-corrected chi connectivity index (χ4v) is 2.93. The third-order valence-corrected chi connectivity index (χ3v) is 4.36. The second-order valence-electron chi connectivity index (χ2n) is 3.55. The fraction of sp³-hybridized carbons (Fsp3) is 0.167. The van der Waals surface area contributed by atoms with Crippen LogP contribution in [0.15, 0.2) is 34.4 Å². The molecule has 0 spiro atoms. The van der Waals surface area contributed by atoms with Crippen molar-refractivity contribution in [1.29, 1.82) is 0 Å². The van der Waals surface area contributed by atoms with Gasteiger partial charge in [0, 0.05) is 34.5 Å². The van der Waals surface area contributed by atoms with Gasteiger partial charge in [-0.2, -0.15) is 0 Å². The van der Waals surface area contributed by atoms with E-state index in [-0.39, 0.29) is 5.91 Å². The van der Waals surface area contributed by atoms with Crippen molar-refractivity contribution < 1.29 is 4.79 Å². The van der Waals surface area contributed by atoms with Crippen LogP contribution in [0.3, 0.4) is 0 Å². The maximum absolute atomic E-state index is 12.0. The van der Waals surface area contributed by atoms with Crippen molar-refractivity contribution in [3.05, 3.63) is 44.8 Å². The van der Waals surface area contributed by atoms with Gasteiger partial charge in [-0.15, -0.1) is 11.3 Å². The Balaban J connectivity index is 2.06. The fourth-order valence-electron chi connectivity index (χ4n) is 1.50. The third-order valence-electron chi connectivity index (χ3n) is 2.44. The van der Waals surface area contributed by atoms with Crippen LogP contribution >= 0.6 is 27.3 Å². The van der Waals surface area contributed by atoms with Gasteiger partial charge in [-0.25, -0.2) is 0 Å². The first-order valence-corrected chi connectivity index (χ1v) is 7.01. The molecule has 2 aromatic rings. The average molecular weight is 326 g/mol. The number of pyridine rings is 1. The first-order valence-electron chi connectivity index (χ1n) is 5.34. The van der Waals surface area contributed by atoms with Crippen molar-refractivity contribution in [3.8, 4) is 0 Å². The average Bonchev–Trinajstić information content (AvgIpc) is 2.81. The predicted octanol–water partition coefficient (Wildman–Crippen LogP) is 2.88. The molecule has 0 aromatic carbocycles. The molecule has 0 aliphatic heterocycles. The van der Waals surface area contributed by atoms with Crippen molar-refractivity contribution in [1.82, 2.24) is 10.3 Å². The Bertz CT molecular complexity index is 556. The van der Waals surface area contributed by atoms with Gasteiger partial charge in [0.15, 0.2) is 0 Å². The molecule has 2 N–H and O–H groups in total. The molecule has 6 heteroatoms. The molecule has 94 valence electrons. The predicted molar refractivity (Wildman–Crippen MR) is 77.0 cm³/mol. The van der Waals surface area contributed by atoms with Crippen LogP contribution in [0.5, 0.6) is 0 Å². The summed E-state index contributed by atoms with van der Waals surface area (Å²) in [6.07, 6.45) is 3.21. The van der Waals surface area contributed by atoms with Crippen LogP contribution < -0.4 is 10.6 Å². The van der Waals surface area contributed by atoms with Gasteiger partial charge >= 0.3 is 0 Å². The van der Waals surface area contributed by atoms with E-state index in [4.69, 9.17) is 0 Å². The normalized spacial score (nSPS) is 10.1. The molecule has 2 heterocycles. The van der Waals surface area contributed by atoms with Gasteiger partial charge in [0.2, 0.25) is 0 Å². The minimum Gasteiger partial charge on any atom is -0.387 e. The highest BCUT2D eigenvalue weighted by Gasteiger charge is 2.11. The topological polar surface area (TPSA) is 54.0 Å². The quantitative estimate of drug-likeness (QED) is 0.908. The lowest BCUT2D eigenvalue weighted by Gasteiger charge is -2.08. The van der Waals surface area contributed by atoms with Crippen LogP contribution in [-0.2, 0) is 6.54 Å². The number of nitrogens with one attached hydrogen (secondary N) is 2. The van der Waals surface area contributed by atoms with Gasteiger partial charge in [0.25, 0.3) is 5.91 Å². The first kappa shape index (κ1) is 13.0. The second kappa shape index (κ2) is 5.97. The Morgan fingerprint density at radius 1 is 1.50 bits per heavy atom. The molecule has 1 amide bonds. The number of nitrogens with zero attached hydrogens (tertiary/aromatic N) is 1. The standard InChI is InChI=1S/C12H12BrN3OS/c1-14-10-2-4-15-6-8(10)12(17)16-7-11-9(13)3-5-18-11/h2-6H,7H2,1H3,(H,14,15)(H,16,17). The van der Waals surface area contributed by atoms with E-state index in [1.807, 2.05) is 11.4 Å². The highest BCUT2D eigenvalue weighted by molar-refractivity contribution is 9.10. The van der Waals surface area contributed by atoms with Crippen molar-refractivity contribution in [2.45, 2.75) is 6.54 Å². The highest BCUT2D eigenvalue weighted by atomic mass is 79.9. The van der Waals surface area contributed by atoms with E-state index in [0.29, 0.717) is 12.1 Å². The van der Waals surface area contributed by atoms with Crippen molar-refractivity contribution in [2.24, 2.45) is 0 Å². The molecular weight excluding hydrogens is 314 g/mol. The van der Waals surface area contributed by atoms with Gasteiger partial charge in [-0.3, -0.25) is 9.78 Å². The second-order valence-corrected chi connectivity index (χ2v) is 5.40. The number of carbonyl (C=O) groups excluding carboxylic acids is 1. The summed E-state index contributed by atoms with van der Waals surface area (Å²) in [6, 6.07) is 3.74. The summed E-state index contributed by atoms with van der Waals surface area (Å²) in [5.41, 5.74) is 1.32. The zero-order chi connectivity index (χ0) is 13.0. The van der Waals surface area contributed by atoms with Gasteiger partial charge in [0.05, 0.1) is 12.1 Å². The SMILES string of the molecule is CNc1ccncc1C(=O)NCc1sccc1Br. The number of hydrogen-bond acceptors (Lipinski definition) is 4. The van der Waals surface area contributed by atoms with E-state index in [1.54, 1.807) is 36.8 Å². The van der Waals surface area contributed by atoms with Crippen LogP contribution in [-0.4, -0.2) is 17.9 Å². The van der Waals surface area contributed by atoms with Crippen LogP contribution in [0.2, 0.25) is 0 Å². The summed E-state index contributed by atoms with van der Waals surface area (Å²) in [7, 11) is 1.78. The minimum atomic E-state index is -0.132. The zero-order valence-electron chi connectivity index (χ0n) is 9.74. The molecular formula is C12H12BrN3OS. The maximum Gasteiger partial charge on any atom is 0.255 e. The summed E-state index contributed by atoms with van der Waals surface area (Å²) in [4.78, 5) is 17.1. The minimum absolute atomic E-state index is 0.132. The number of carbonyl (C=O) groups is 1. The van der Waals surface area contributed by atoms with Gasteiger partial charge in [-0.1, -0.05) is 0 Å². The lowest BCUT2D eigenvalue weighted by molar-refractivity contribution is 0.0951. The van der Waals surface area contributed by atoms with Crippen LogP contribution in [0, 0.1) is 0 Å². The van der Waals surface area contributed by atoms with Crippen LogP contribution in [0.25, 0.3) is 0 Å². The van der Waals surface area contributed by atoms with Gasteiger partial charge < -0.3 is 10.6 Å². The number of halogens is 1. The Kier molecular flexibility index (Phi) is 4.33. The van der Waals surface area contributed by atoms with Gasteiger partial charge in [-0.05, 0) is 33.4 Å². The molecule has 4 nitrogen and oxygen atoms in total. The molecule has 18 heavy (non-hydrogen) atoms. The molecule has 0 fully saturated rings. The summed E-state index contributed by atoms with van der Waals surface area (Å²) in [6.45, 7) is 0.509. The van der Waals surface area contributed by atoms with E-state index in [9.17, 15) is 4.79 Å². The number of rotatable bonds is 4. The van der Waals surface area contributed by atoms with Crippen molar-refractivity contribution in [3.63, 3.8) is 0 Å². The molecule has 0 bridgehead atoms. The smallest absolute Gasteiger partial charge is 0.255 e. The maximum atomic E-state index is 12.0. The van der Waals surface area contributed by atoms with E-state index >= 15 is 0 Å². The molecule has 0 aliphatic rings. The Morgan fingerprint density at radius 3 is 3.00 bits per heavy atom. The summed E-state index contributed by atoms with van der Waals surface area (Å²) < 4.78 is 1.02. The Morgan fingerprint density at radius 2 is 2.33 bits per heavy atom. The van der Waals surface area contributed by atoms with Crippen molar-refractivity contribution >= 4 is 38.9 Å². The van der Waals surface area contributed by atoms with E-state index in [0.717, 1.165) is 15.0 Å². The lowest BCUT2D eigenvalue weighted by Crippen LogP contribution is -2.23. The number of thiophene rings is 1. The molecule has 2 rings (SSSR count). The van der Waals surface area contributed by atoms with E-state index in [2.05, 4.69) is 31.5 Å². The Hall–Kier alpha value is -1.40. The number of anilines is 1. The van der Waals surface area contributed by atoms with Crippen LogP contribution in [0.4, 0.5) is 5.69 Å². The molecule has 0 unspecified atom stereocenters. The number of amides is 1. The van der Waals surface area contributed by atoms with Crippen molar-refractivity contribution in [2.75, 3.05) is 12.4 Å². The van der Waals surface area contributed by atoms with Gasteiger partial charge in [0.1, 0.15) is 0 Å². The number of aromatic nitrogens is 1. The molecule has 0 aliphatic carbocycles.